The first-order chi connectivity index (χ1) is 18.9. The fraction of sp³-hybridized carbons (Fsp3) is 0.765. The van der Waals surface area contributed by atoms with Crippen molar-refractivity contribution in [3.05, 3.63) is 22.8 Å². The van der Waals surface area contributed by atoms with E-state index in [1.807, 2.05) is 0 Å². The third kappa shape index (κ3) is 4.79. The van der Waals surface area contributed by atoms with Crippen molar-refractivity contribution >= 4 is 23.7 Å². The van der Waals surface area contributed by atoms with Crippen molar-refractivity contribution in [3.63, 3.8) is 0 Å². The van der Waals surface area contributed by atoms with Crippen molar-refractivity contribution in [1.82, 2.24) is 0 Å². The van der Waals surface area contributed by atoms with Crippen molar-refractivity contribution in [2.45, 2.75) is 126 Å². The van der Waals surface area contributed by atoms with Crippen molar-refractivity contribution < 1.29 is 33.8 Å². The fourth-order valence-corrected chi connectivity index (χ4v) is 9.98. The second kappa shape index (κ2) is 10.7. The molecule has 4 rings (SSSR count). The molecular weight excluding hydrogens is 520 g/mol. The minimum Gasteiger partial charge on any atom is -0.478 e. The molecule has 0 radical (unpaired) electrons. The predicted octanol–water partition coefficient (Wildman–Crippen LogP) is 6.84. The number of carboxylic acids is 1. The van der Waals surface area contributed by atoms with Crippen molar-refractivity contribution in [3.8, 4) is 0 Å². The van der Waals surface area contributed by atoms with Crippen LogP contribution in [0.15, 0.2) is 22.8 Å². The Hall–Kier alpha value is -2.44. The van der Waals surface area contributed by atoms with Crippen LogP contribution in [-0.2, 0) is 28.7 Å². The molecule has 0 bridgehead atoms. The summed E-state index contributed by atoms with van der Waals surface area (Å²) >= 11 is 0. The normalized spacial score (nSPS) is 38.9. The standard InChI is InChI=1S/C34H50O7/c1-19(11-10-12-20(2)30(38)39)23-15-18-33(8)24-13-14-25-31(5,6)26(37)16-17-32(25,7)27(24)28(40-21(3)35)29(34(23,33)9)41-22(4)36/h12,19,23,25,28-29H,10-11,13-18H2,1-9H3,(H,38,39)/b20-12-/t19-,23-,25+,28-,29-,32+,33+,34+/m1/s1. The predicted molar refractivity (Wildman–Crippen MR) is 156 cm³/mol. The van der Waals surface area contributed by atoms with Crippen LogP contribution < -0.4 is 0 Å². The van der Waals surface area contributed by atoms with Gasteiger partial charge in [0.1, 0.15) is 11.9 Å². The lowest BCUT2D eigenvalue weighted by atomic mass is 9.42. The lowest BCUT2D eigenvalue weighted by Crippen LogP contribution is -2.64. The highest BCUT2D eigenvalue weighted by atomic mass is 16.6. The number of ketones is 1. The Morgan fingerprint density at radius 1 is 0.976 bits per heavy atom. The summed E-state index contributed by atoms with van der Waals surface area (Å²) in [6.45, 7) is 17.6. The van der Waals surface area contributed by atoms with E-state index >= 15 is 0 Å². The number of aliphatic carboxylic acids is 1. The van der Waals surface area contributed by atoms with Gasteiger partial charge in [0.2, 0.25) is 0 Å². The molecule has 7 heteroatoms. The highest BCUT2D eigenvalue weighted by molar-refractivity contribution is 5.86. The highest BCUT2D eigenvalue weighted by Crippen LogP contribution is 2.73. The van der Waals surface area contributed by atoms with Gasteiger partial charge in [-0.2, -0.15) is 0 Å². The smallest absolute Gasteiger partial charge is 0.330 e. The Balaban J connectivity index is 1.87. The third-order valence-electron chi connectivity index (χ3n) is 12.3. The number of carbonyl (C=O) groups is 4. The zero-order valence-corrected chi connectivity index (χ0v) is 26.5. The Morgan fingerprint density at radius 3 is 2.20 bits per heavy atom. The molecule has 2 saturated carbocycles. The van der Waals surface area contributed by atoms with E-state index in [2.05, 4.69) is 41.5 Å². The average Bonchev–Trinajstić information content (AvgIpc) is 3.15. The molecule has 0 unspecified atom stereocenters. The van der Waals surface area contributed by atoms with Gasteiger partial charge >= 0.3 is 17.9 Å². The lowest BCUT2D eigenvalue weighted by molar-refractivity contribution is -0.195. The molecule has 4 aliphatic carbocycles. The Bertz CT molecular complexity index is 1190. The van der Waals surface area contributed by atoms with E-state index in [0.717, 1.165) is 37.7 Å². The van der Waals surface area contributed by atoms with Gasteiger partial charge < -0.3 is 14.6 Å². The van der Waals surface area contributed by atoms with Crippen LogP contribution in [0.5, 0.6) is 0 Å². The summed E-state index contributed by atoms with van der Waals surface area (Å²) in [7, 11) is 0. The Kier molecular flexibility index (Phi) is 8.20. The number of Topliss-reactive ketones (excluding diaryl/α,β-unsaturated/α-hetero) is 1. The van der Waals surface area contributed by atoms with Gasteiger partial charge in [-0.05, 0) is 86.0 Å². The monoisotopic (exact) mass is 570 g/mol. The summed E-state index contributed by atoms with van der Waals surface area (Å²) in [5.41, 5.74) is 1.18. The topological polar surface area (TPSA) is 107 Å². The van der Waals surface area contributed by atoms with Gasteiger partial charge in [-0.1, -0.05) is 53.2 Å². The number of ether oxygens (including phenoxy) is 2. The molecule has 4 aliphatic rings. The molecule has 0 spiro atoms. The van der Waals surface area contributed by atoms with E-state index < -0.39 is 40.9 Å². The maximum Gasteiger partial charge on any atom is 0.330 e. The fourth-order valence-electron chi connectivity index (χ4n) is 9.98. The summed E-state index contributed by atoms with van der Waals surface area (Å²) in [6.07, 6.45) is 6.71. The second-order valence-electron chi connectivity index (χ2n) is 14.6. The van der Waals surface area contributed by atoms with Crippen LogP contribution in [0.2, 0.25) is 0 Å². The molecule has 0 aromatic rings. The van der Waals surface area contributed by atoms with Crippen LogP contribution >= 0.6 is 0 Å². The van der Waals surface area contributed by atoms with Gasteiger partial charge in [0.15, 0.2) is 6.10 Å². The molecule has 228 valence electrons. The van der Waals surface area contributed by atoms with Gasteiger partial charge in [-0.25, -0.2) is 4.79 Å². The molecule has 0 aromatic carbocycles. The zero-order valence-electron chi connectivity index (χ0n) is 26.5. The highest BCUT2D eigenvalue weighted by Gasteiger charge is 2.70. The molecule has 0 saturated heterocycles. The second-order valence-corrected chi connectivity index (χ2v) is 14.6. The average molecular weight is 571 g/mol. The van der Waals surface area contributed by atoms with Crippen LogP contribution in [0.1, 0.15) is 114 Å². The van der Waals surface area contributed by atoms with Crippen molar-refractivity contribution in [2.75, 3.05) is 0 Å². The summed E-state index contributed by atoms with van der Waals surface area (Å²) in [6, 6.07) is 0. The lowest BCUT2D eigenvalue weighted by Gasteiger charge is -2.63. The van der Waals surface area contributed by atoms with Crippen molar-refractivity contribution in [2.24, 2.45) is 39.4 Å². The van der Waals surface area contributed by atoms with E-state index in [9.17, 15) is 24.3 Å². The number of carbonyl (C=O) groups excluding carboxylic acids is 3. The first-order valence-electron chi connectivity index (χ1n) is 15.4. The Morgan fingerprint density at radius 2 is 1.61 bits per heavy atom. The molecule has 0 heterocycles. The molecule has 1 N–H and O–H groups in total. The van der Waals surface area contributed by atoms with Gasteiger partial charge in [-0.3, -0.25) is 14.4 Å². The minimum absolute atomic E-state index is 0.111. The molecule has 41 heavy (non-hydrogen) atoms. The largest absolute Gasteiger partial charge is 0.478 e. The first kappa shape index (κ1) is 31.5. The molecule has 0 amide bonds. The number of esters is 2. The van der Waals surface area contributed by atoms with E-state index in [1.165, 1.54) is 19.4 Å². The number of rotatable bonds is 7. The molecular formula is C34H50O7. The molecule has 7 nitrogen and oxygen atoms in total. The van der Waals surface area contributed by atoms with Gasteiger partial charge in [-0.15, -0.1) is 0 Å². The van der Waals surface area contributed by atoms with Gasteiger partial charge in [0.25, 0.3) is 0 Å². The van der Waals surface area contributed by atoms with E-state index in [-0.39, 0.29) is 28.6 Å². The van der Waals surface area contributed by atoms with Crippen LogP contribution in [0.4, 0.5) is 0 Å². The van der Waals surface area contributed by atoms with Crippen LogP contribution in [-0.4, -0.2) is 41.0 Å². The van der Waals surface area contributed by atoms with Crippen LogP contribution in [0, 0.1) is 39.4 Å². The first-order valence-corrected chi connectivity index (χ1v) is 15.4. The van der Waals surface area contributed by atoms with E-state index in [4.69, 9.17) is 9.47 Å². The molecule has 0 aliphatic heterocycles. The van der Waals surface area contributed by atoms with Crippen LogP contribution in [0.25, 0.3) is 0 Å². The number of allylic oxidation sites excluding steroid dienone is 2. The quantitative estimate of drug-likeness (QED) is 0.203. The minimum atomic E-state index is -0.902. The number of fused-ring (bicyclic) bond motifs is 4. The zero-order chi connectivity index (χ0) is 30.7. The number of hydrogen-bond donors (Lipinski definition) is 1. The molecule has 8 atom stereocenters. The molecule has 0 aromatic heterocycles. The number of hydrogen-bond acceptors (Lipinski definition) is 6. The van der Waals surface area contributed by atoms with E-state index in [0.29, 0.717) is 30.6 Å². The third-order valence-corrected chi connectivity index (χ3v) is 12.3. The summed E-state index contributed by atoms with van der Waals surface area (Å²) in [5.74, 6) is -0.887. The van der Waals surface area contributed by atoms with Gasteiger partial charge in [0, 0.05) is 36.7 Å². The molecule has 2 fully saturated rings. The maximum absolute atomic E-state index is 13.1. The Labute approximate surface area is 245 Å². The van der Waals surface area contributed by atoms with E-state index in [1.54, 1.807) is 13.0 Å². The summed E-state index contributed by atoms with van der Waals surface area (Å²) < 4.78 is 12.5. The summed E-state index contributed by atoms with van der Waals surface area (Å²) in [4.78, 5) is 49.9. The summed E-state index contributed by atoms with van der Waals surface area (Å²) in [5, 5.41) is 9.29. The van der Waals surface area contributed by atoms with Crippen LogP contribution in [0.3, 0.4) is 0 Å². The van der Waals surface area contributed by atoms with Crippen molar-refractivity contribution in [1.29, 1.82) is 0 Å². The maximum atomic E-state index is 13.1. The SMILES string of the molecule is CC(=O)O[C@@H]1C2=C(CC[C@H]3C(C)(C)C(=O)CC[C@]23C)[C@]2(C)CC[C@H]([C@H](C)CC/C=C(/C)C(=O)O)[C@@]2(C)[C@@H]1OC(C)=O. The number of carboxylic acid groups (broad SMARTS) is 1. The van der Waals surface area contributed by atoms with Gasteiger partial charge in [0.05, 0.1) is 0 Å².